The van der Waals surface area contributed by atoms with Crippen LogP contribution in [-0.4, -0.2) is 53.6 Å². The zero-order chi connectivity index (χ0) is 23.8. The van der Waals surface area contributed by atoms with Gasteiger partial charge in [-0.05, 0) is 42.5 Å². The number of aliphatic hydroxyl groups is 1. The largest absolute Gasteiger partial charge is 0.506 e. The first-order chi connectivity index (χ1) is 15.9. The van der Waals surface area contributed by atoms with Crippen molar-refractivity contribution < 1.29 is 14.9 Å². The van der Waals surface area contributed by atoms with E-state index in [-0.39, 0.29) is 10.6 Å². The zero-order valence-corrected chi connectivity index (χ0v) is 20.5. The lowest BCUT2D eigenvalue weighted by Crippen LogP contribution is -2.27. The molecule has 180 valence electrons. The molecule has 0 aliphatic rings. The van der Waals surface area contributed by atoms with Crippen LogP contribution >= 0.6 is 11.3 Å². The zero-order valence-electron chi connectivity index (χ0n) is 19.6. The second kappa shape index (κ2) is 12.3. The first-order valence-electron chi connectivity index (χ1n) is 11.4. The number of ether oxygens (including phenoxy) is 1. The molecule has 3 rings (SSSR count). The van der Waals surface area contributed by atoms with Crippen molar-refractivity contribution in [1.29, 1.82) is 0 Å². The van der Waals surface area contributed by atoms with Crippen LogP contribution in [-0.2, 0) is 17.7 Å². The molecule has 0 bridgehead atoms. The molecule has 7 nitrogen and oxygen atoms in total. The molecule has 33 heavy (non-hydrogen) atoms. The van der Waals surface area contributed by atoms with Gasteiger partial charge in [0.25, 0.3) is 0 Å². The molecule has 3 aromatic rings. The molecule has 4 N–H and O–H groups in total. The Morgan fingerprint density at radius 3 is 2.76 bits per heavy atom. The number of H-pyrrole nitrogens is 1. The number of hydrogen-bond donors (Lipinski definition) is 4. The van der Waals surface area contributed by atoms with Gasteiger partial charge < -0.3 is 25.3 Å². The van der Waals surface area contributed by atoms with Crippen LogP contribution in [0, 0.1) is 5.92 Å². The SMILES string of the molecule is COCN(CCC(C)C)Cc1cccc(CCNCC(O)c2ccc(O)c3[nH]c(=O)sc23)c1. The van der Waals surface area contributed by atoms with E-state index >= 15 is 0 Å². The van der Waals surface area contributed by atoms with Gasteiger partial charge in [-0.3, -0.25) is 9.69 Å². The van der Waals surface area contributed by atoms with E-state index in [1.54, 1.807) is 13.2 Å². The number of thiazole rings is 1. The predicted molar refractivity (Wildman–Crippen MR) is 134 cm³/mol. The topological polar surface area (TPSA) is 97.8 Å². The smallest absolute Gasteiger partial charge is 0.305 e. The van der Waals surface area contributed by atoms with E-state index in [4.69, 9.17) is 4.74 Å². The molecule has 1 heterocycles. The van der Waals surface area contributed by atoms with Crippen molar-refractivity contribution in [2.24, 2.45) is 5.92 Å². The molecular formula is C25H35N3O4S. The van der Waals surface area contributed by atoms with Gasteiger partial charge in [0.15, 0.2) is 0 Å². The van der Waals surface area contributed by atoms with Crippen LogP contribution in [0.15, 0.2) is 41.2 Å². The number of aliphatic hydroxyl groups excluding tert-OH is 1. The van der Waals surface area contributed by atoms with Crippen molar-refractivity contribution >= 4 is 21.6 Å². The summed E-state index contributed by atoms with van der Waals surface area (Å²) in [5, 5.41) is 23.9. The highest BCUT2D eigenvalue weighted by molar-refractivity contribution is 7.16. The Morgan fingerprint density at radius 1 is 1.21 bits per heavy atom. The standard InChI is InChI=1S/C25H35N3O4S/c1-17(2)10-12-28(16-32-3)15-19-6-4-5-18(13-19)9-11-26-14-22(30)20-7-8-21(29)23-24(20)33-25(31)27-23/h4-8,13,17,22,26,29-30H,9-12,14-16H2,1-3H3,(H,27,31). The summed E-state index contributed by atoms with van der Waals surface area (Å²) in [6, 6.07) is 11.8. The number of benzene rings is 2. The van der Waals surface area contributed by atoms with Gasteiger partial charge in [-0.15, -0.1) is 0 Å². The third-order valence-corrected chi connectivity index (χ3v) is 6.54. The Balaban J connectivity index is 1.52. The number of aromatic nitrogens is 1. The minimum Gasteiger partial charge on any atom is -0.506 e. The molecule has 1 unspecified atom stereocenters. The molecule has 0 saturated heterocycles. The number of nitrogens with zero attached hydrogens (tertiary/aromatic N) is 1. The van der Waals surface area contributed by atoms with Gasteiger partial charge in [-0.25, -0.2) is 0 Å². The van der Waals surface area contributed by atoms with E-state index in [0.717, 1.165) is 43.8 Å². The number of aromatic hydroxyl groups is 1. The molecule has 0 aliphatic carbocycles. The highest BCUT2D eigenvalue weighted by Gasteiger charge is 2.16. The van der Waals surface area contributed by atoms with Crippen molar-refractivity contribution in [3.05, 3.63) is 62.8 Å². The maximum Gasteiger partial charge on any atom is 0.305 e. The molecule has 1 aromatic heterocycles. The van der Waals surface area contributed by atoms with Gasteiger partial charge in [-0.2, -0.15) is 0 Å². The lowest BCUT2D eigenvalue weighted by atomic mass is 10.1. The Morgan fingerprint density at radius 2 is 2.00 bits per heavy atom. The number of aromatic amines is 1. The van der Waals surface area contributed by atoms with Crippen molar-refractivity contribution in [2.75, 3.05) is 33.5 Å². The van der Waals surface area contributed by atoms with E-state index in [0.29, 0.717) is 35.0 Å². The van der Waals surface area contributed by atoms with Crippen molar-refractivity contribution in [3.63, 3.8) is 0 Å². The fourth-order valence-corrected chi connectivity index (χ4v) is 4.76. The lowest BCUT2D eigenvalue weighted by Gasteiger charge is -2.22. The summed E-state index contributed by atoms with van der Waals surface area (Å²) in [5.41, 5.74) is 3.53. The number of phenols is 1. The van der Waals surface area contributed by atoms with Gasteiger partial charge in [0.05, 0.1) is 17.5 Å². The highest BCUT2D eigenvalue weighted by Crippen LogP contribution is 2.31. The van der Waals surface area contributed by atoms with Crippen LogP contribution in [0.3, 0.4) is 0 Å². The van der Waals surface area contributed by atoms with Gasteiger partial charge in [0.2, 0.25) is 0 Å². The van der Waals surface area contributed by atoms with E-state index in [9.17, 15) is 15.0 Å². The van der Waals surface area contributed by atoms with Gasteiger partial charge >= 0.3 is 4.87 Å². The number of nitrogens with one attached hydrogen (secondary N) is 2. The Hall–Kier alpha value is -2.23. The third-order valence-electron chi connectivity index (χ3n) is 5.61. The molecular weight excluding hydrogens is 438 g/mol. The fourth-order valence-electron chi connectivity index (χ4n) is 3.84. The number of fused-ring (bicyclic) bond motifs is 1. The molecule has 0 amide bonds. The van der Waals surface area contributed by atoms with E-state index in [1.165, 1.54) is 17.2 Å². The summed E-state index contributed by atoms with van der Waals surface area (Å²) in [5.74, 6) is 0.676. The van der Waals surface area contributed by atoms with E-state index < -0.39 is 6.10 Å². The average Bonchev–Trinajstić information content (AvgIpc) is 3.18. The molecule has 0 fully saturated rings. The van der Waals surface area contributed by atoms with Gasteiger partial charge in [0, 0.05) is 32.3 Å². The fraction of sp³-hybridized carbons (Fsp3) is 0.480. The molecule has 0 aliphatic heterocycles. The van der Waals surface area contributed by atoms with Crippen LogP contribution in [0.25, 0.3) is 10.2 Å². The van der Waals surface area contributed by atoms with Gasteiger partial charge in [-0.1, -0.05) is 55.5 Å². The summed E-state index contributed by atoms with van der Waals surface area (Å²) in [4.78, 5) is 16.4. The van der Waals surface area contributed by atoms with Crippen molar-refractivity contribution in [3.8, 4) is 5.75 Å². The monoisotopic (exact) mass is 473 g/mol. The normalized spacial score (nSPS) is 12.8. The van der Waals surface area contributed by atoms with Crippen molar-refractivity contribution in [1.82, 2.24) is 15.2 Å². The molecule has 1 atom stereocenters. The van der Waals surface area contributed by atoms with Crippen LogP contribution in [0.4, 0.5) is 0 Å². The summed E-state index contributed by atoms with van der Waals surface area (Å²) in [6.07, 6.45) is 1.22. The molecule has 0 spiro atoms. The van der Waals surface area contributed by atoms with Crippen LogP contribution in [0.1, 0.15) is 43.1 Å². The number of hydrogen-bond acceptors (Lipinski definition) is 7. The first-order valence-corrected chi connectivity index (χ1v) is 12.2. The summed E-state index contributed by atoms with van der Waals surface area (Å²) in [7, 11) is 1.73. The quantitative estimate of drug-likeness (QED) is 0.224. The number of rotatable bonds is 13. The summed E-state index contributed by atoms with van der Waals surface area (Å²) >= 11 is 1.00. The molecule has 0 saturated carbocycles. The number of methoxy groups -OCH3 is 1. The maximum absolute atomic E-state index is 11.7. The summed E-state index contributed by atoms with van der Waals surface area (Å²) < 4.78 is 5.97. The van der Waals surface area contributed by atoms with Crippen LogP contribution in [0.2, 0.25) is 0 Å². The highest BCUT2D eigenvalue weighted by atomic mass is 32.1. The second-order valence-electron chi connectivity index (χ2n) is 8.84. The minimum absolute atomic E-state index is 0.0143. The predicted octanol–water partition coefficient (Wildman–Crippen LogP) is 3.61. The average molecular weight is 474 g/mol. The van der Waals surface area contributed by atoms with Crippen LogP contribution < -0.4 is 10.2 Å². The number of phenolic OH excluding ortho intramolecular Hbond substituents is 1. The summed E-state index contributed by atoms with van der Waals surface area (Å²) in [6.45, 7) is 8.05. The Bertz CT molecular complexity index is 1080. The van der Waals surface area contributed by atoms with Gasteiger partial charge in [0.1, 0.15) is 11.3 Å². The maximum atomic E-state index is 11.7. The molecule has 8 heteroatoms. The minimum atomic E-state index is -0.769. The first kappa shape index (κ1) is 25.4. The second-order valence-corrected chi connectivity index (χ2v) is 9.82. The van der Waals surface area contributed by atoms with E-state index in [2.05, 4.69) is 53.3 Å². The Kier molecular flexibility index (Phi) is 9.46. The van der Waals surface area contributed by atoms with Crippen LogP contribution in [0.5, 0.6) is 5.75 Å². The third kappa shape index (κ3) is 7.38. The van der Waals surface area contributed by atoms with Crippen molar-refractivity contribution in [2.45, 2.75) is 39.3 Å². The van der Waals surface area contributed by atoms with E-state index in [1.807, 2.05) is 0 Å². The molecule has 0 radical (unpaired) electrons. The Labute approximate surface area is 199 Å². The molecule has 2 aromatic carbocycles. The lowest BCUT2D eigenvalue weighted by molar-refractivity contribution is 0.0547.